The molecule has 1 aromatic carbocycles. The van der Waals surface area contributed by atoms with Crippen molar-refractivity contribution in [3.63, 3.8) is 0 Å². The summed E-state index contributed by atoms with van der Waals surface area (Å²) in [6, 6.07) is 7.71. The molecule has 2 rings (SSSR count). The zero-order valence-corrected chi connectivity index (χ0v) is 13.8. The molecule has 1 amide bonds. The number of amides is 1. The Balaban J connectivity index is 1.74. The van der Waals surface area contributed by atoms with Crippen LogP contribution in [0.5, 0.6) is 5.75 Å². The summed E-state index contributed by atoms with van der Waals surface area (Å²) < 4.78 is 10.9. The van der Waals surface area contributed by atoms with Gasteiger partial charge in [0, 0.05) is 0 Å². The molecule has 1 heterocycles. The van der Waals surface area contributed by atoms with E-state index >= 15 is 0 Å². The molecule has 0 atom stereocenters. The molecule has 0 aliphatic carbocycles. The fourth-order valence-electron chi connectivity index (χ4n) is 2.64. The van der Waals surface area contributed by atoms with Crippen LogP contribution in [0.15, 0.2) is 24.3 Å². The number of hydrogen-bond donors (Lipinski definition) is 2. The fraction of sp³-hybridized carbons (Fsp3) is 0.588. The molecule has 1 aliphatic heterocycles. The second-order valence-corrected chi connectivity index (χ2v) is 6.48. The van der Waals surface area contributed by atoms with E-state index in [1.807, 2.05) is 31.2 Å². The van der Waals surface area contributed by atoms with Gasteiger partial charge in [-0.1, -0.05) is 12.1 Å². The number of carbonyl (C=O) groups is 1. The molecule has 22 heavy (non-hydrogen) atoms. The van der Waals surface area contributed by atoms with E-state index in [9.17, 15) is 4.79 Å². The van der Waals surface area contributed by atoms with Crippen molar-refractivity contribution in [2.24, 2.45) is 0 Å². The van der Waals surface area contributed by atoms with Crippen LogP contribution >= 0.6 is 0 Å². The summed E-state index contributed by atoms with van der Waals surface area (Å²) in [5, 5.41) is 2.98. The topological polar surface area (TPSA) is 52.0 Å². The number of rotatable bonds is 6. The fourth-order valence-corrected chi connectivity index (χ4v) is 2.64. The molecule has 0 unspecified atom stereocenters. The van der Waals surface area contributed by atoms with Crippen LogP contribution in [0.1, 0.15) is 19.4 Å². The van der Waals surface area contributed by atoms with E-state index in [0.29, 0.717) is 6.54 Å². The molecule has 0 aromatic heterocycles. The molecule has 122 valence electrons. The predicted molar refractivity (Wildman–Crippen MR) is 85.3 cm³/mol. The van der Waals surface area contributed by atoms with Gasteiger partial charge in [-0.3, -0.25) is 4.79 Å². The van der Waals surface area contributed by atoms with Crippen molar-refractivity contribution in [2.75, 3.05) is 39.5 Å². The van der Waals surface area contributed by atoms with Gasteiger partial charge in [-0.05, 0) is 38.5 Å². The van der Waals surface area contributed by atoms with Gasteiger partial charge in [-0.2, -0.15) is 0 Å². The Labute approximate surface area is 132 Å². The van der Waals surface area contributed by atoms with Gasteiger partial charge >= 0.3 is 0 Å². The van der Waals surface area contributed by atoms with Crippen LogP contribution in [-0.4, -0.2) is 50.9 Å². The van der Waals surface area contributed by atoms with Crippen LogP contribution in [0.3, 0.4) is 0 Å². The van der Waals surface area contributed by atoms with Crippen LogP contribution in [0.2, 0.25) is 0 Å². The molecule has 0 spiro atoms. The number of carbonyl (C=O) groups excluding carboxylic acids is 1. The van der Waals surface area contributed by atoms with Crippen molar-refractivity contribution in [2.45, 2.75) is 26.3 Å². The van der Waals surface area contributed by atoms with E-state index in [0.717, 1.165) is 37.6 Å². The summed E-state index contributed by atoms with van der Waals surface area (Å²) in [5.74, 6) is 0.649. The molecule has 0 radical (unpaired) electrons. The monoisotopic (exact) mass is 307 g/mol. The van der Waals surface area contributed by atoms with Crippen LogP contribution in [-0.2, 0) is 9.53 Å². The third-order valence-corrected chi connectivity index (χ3v) is 4.14. The van der Waals surface area contributed by atoms with E-state index in [2.05, 4.69) is 19.2 Å². The molecule has 1 aromatic rings. The van der Waals surface area contributed by atoms with Crippen molar-refractivity contribution in [1.29, 1.82) is 0 Å². The molecule has 0 saturated carbocycles. The number of aryl methyl sites for hydroxylation is 1. The van der Waals surface area contributed by atoms with Crippen LogP contribution in [0.4, 0.5) is 0 Å². The Hall–Kier alpha value is -1.59. The van der Waals surface area contributed by atoms with Crippen LogP contribution in [0.25, 0.3) is 0 Å². The maximum Gasteiger partial charge on any atom is 0.258 e. The van der Waals surface area contributed by atoms with Gasteiger partial charge in [-0.15, -0.1) is 0 Å². The van der Waals surface area contributed by atoms with Crippen LogP contribution < -0.4 is 15.0 Å². The lowest BCUT2D eigenvalue weighted by Gasteiger charge is -2.37. The second-order valence-electron chi connectivity index (χ2n) is 6.48. The van der Waals surface area contributed by atoms with Crippen molar-refractivity contribution < 1.29 is 19.2 Å². The van der Waals surface area contributed by atoms with Crippen molar-refractivity contribution in [3.8, 4) is 5.75 Å². The third kappa shape index (κ3) is 5.00. The van der Waals surface area contributed by atoms with Gasteiger partial charge in [0.1, 0.15) is 24.4 Å². The number of nitrogens with one attached hydrogen (secondary N) is 2. The average Bonchev–Trinajstić information content (AvgIpc) is 2.52. The van der Waals surface area contributed by atoms with E-state index in [1.165, 1.54) is 4.90 Å². The minimum absolute atomic E-state index is 0.00275. The number of benzene rings is 1. The standard InChI is InChI=1S/C17H26N2O3/c1-14-5-4-6-15(11-14)22-12-16(20)18-13-17(2,3)19-7-9-21-10-8-19/h4-6,11H,7-10,12-13H2,1-3H3,(H,18,20)/p+1. The first-order valence-corrected chi connectivity index (χ1v) is 7.86. The summed E-state index contributed by atoms with van der Waals surface area (Å²) in [6.07, 6.45) is 0. The molecule has 1 fully saturated rings. The smallest absolute Gasteiger partial charge is 0.258 e. The summed E-state index contributed by atoms with van der Waals surface area (Å²) >= 11 is 0. The van der Waals surface area contributed by atoms with E-state index in [1.54, 1.807) is 0 Å². The van der Waals surface area contributed by atoms with Crippen molar-refractivity contribution in [1.82, 2.24) is 5.32 Å². The Morgan fingerprint density at radius 3 is 2.77 bits per heavy atom. The van der Waals surface area contributed by atoms with Gasteiger partial charge in [0.25, 0.3) is 5.91 Å². The first-order valence-electron chi connectivity index (χ1n) is 7.86. The summed E-state index contributed by atoms with van der Waals surface area (Å²) in [4.78, 5) is 13.4. The molecule has 1 saturated heterocycles. The molecule has 2 N–H and O–H groups in total. The van der Waals surface area contributed by atoms with Gasteiger partial charge in [0.15, 0.2) is 6.61 Å². The molecular weight excluding hydrogens is 280 g/mol. The highest BCUT2D eigenvalue weighted by Gasteiger charge is 2.32. The van der Waals surface area contributed by atoms with Gasteiger partial charge in [-0.25, -0.2) is 0 Å². The second kappa shape index (κ2) is 7.61. The molecule has 5 heteroatoms. The maximum atomic E-state index is 12.0. The lowest BCUT2D eigenvalue weighted by atomic mass is 10.0. The van der Waals surface area contributed by atoms with Gasteiger partial charge < -0.3 is 19.7 Å². The van der Waals surface area contributed by atoms with Crippen LogP contribution in [0, 0.1) is 6.92 Å². The Morgan fingerprint density at radius 1 is 1.36 bits per heavy atom. The first-order chi connectivity index (χ1) is 10.5. The van der Waals surface area contributed by atoms with Gasteiger partial charge in [0.05, 0.1) is 19.8 Å². The predicted octanol–water partition coefficient (Wildman–Crippen LogP) is 0.184. The highest BCUT2D eigenvalue weighted by molar-refractivity contribution is 5.77. The summed E-state index contributed by atoms with van der Waals surface area (Å²) in [7, 11) is 0. The SMILES string of the molecule is Cc1cccc(OCC(=O)NCC(C)(C)[NH+]2CCOCC2)c1. The number of morpholine rings is 1. The van der Waals surface area contributed by atoms with E-state index in [-0.39, 0.29) is 18.1 Å². The Bertz CT molecular complexity index is 496. The minimum Gasteiger partial charge on any atom is -0.484 e. The number of ether oxygens (including phenoxy) is 2. The quantitative estimate of drug-likeness (QED) is 0.788. The maximum absolute atomic E-state index is 12.0. The van der Waals surface area contributed by atoms with Gasteiger partial charge in [0.2, 0.25) is 0 Å². The van der Waals surface area contributed by atoms with E-state index < -0.39 is 0 Å². The molecule has 0 bridgehead atoms. The average molecular weight is 307 g/mol. The van der Waals surface area contributed by atoms with Crippen molar-refractivity contribution in [3.05, 3.63) is 29.8 Å². The summed E-state index contributed by atoms with van der Waals surface area (Å²) in [5.41, 5.74) is 1.12. The molecule has 5 nitrogen and oxygen atoms in total. The zero-order valence-electron chi connectivity index (χ0n) is 13.8. The first kappa shape index (κ1) is 16.8. The number of hydrogen-bond acceptors (Lipinski definition) is 3. The lowest BCUT2D eigenvalue weighted by molar-refractivity contribution is -0.954. The molecule has 1 aliphatic rings. The molecular formula is C17H27N2O3+. The Kier molecular flexibility index (Phi) is 5.80. The Morgan fingerprint density at radius 2 is 2.09 bits per heavy atom. The number of quaternary nitrogens is 1. The lowest BCUT2D eigenvalue weighted by Crippen LogP contribution is -3.22. The highest BCUT2D eigenvalue weighted by atomic mass is 16.5. The normalized spacial score (nSPS) is 16.3. The third-order valence-electron chi connectivity index (χ3n) is 4.14. The zero-order chi connectivity index (χ0) is 16.0. The van der Waals surface area contributed by atoms with Crippen molar-refractivity contribution >= 4 is 5.91 Å². The highest BCUT2D eigenvalue weighted by Crippen LogP contribution is 2.11. The van der Waals surface area contributed by atoms with E-state index in [4.69, 9.17) is 9.47 Å². The minimum atomic E-state index is -0.0813. The summed E-state index contributed by atoms with van der Waals surface area (Å²) in [6.45, 7) is 10.6. The largest absolute Gasteiger partial charge is 0.484 e.